The van der Waals surface area contributed by atoms with E-state index >= 15 is 0 Å². The van der Waals surface area contributed by atoms with Gasteiger partial charge >= 0.3 is 0 Å². The number of rotatable bonds is 3. The number of hydrogen-bond acceptors (Lipinski definition) is 4. The highest BCUT2D eigenvalue weighted by atomic mass is 35.5. The van der Waals surface area contributed by atoms with Gasteiger partial charge in [0.25, 0.3) is 0 Å². The van der Waals surface area contributed by atoms with Crippen LogP contribution in [0.3, 0.4) is 0 Å². The minimum atomic E-state index is -0.324. The Labute approximate surface area is 125 Å². The van der Waals surface area contributed by atoms with Crippen LogP contribution in [0.4, 0.5) is 16.0 Å². The number of hydrogen-bond donors (Lipinski definition) is 1. The van der Waals surface area contributed by atoms with Crippen LogP contribution in [0.1, 0.15) is 0 Å². The van der Waals surface area contributed by atoms with E-state index in [1.165, 1.54) is 6.07 Å². The lowest BCUT2D eigenvalue weighted by Gasteiger charge is -2.07. The SMILES string of the molecule is Fc1ccccc1-c1ccnc(Nc2ccc(Cl)nc2)n1. The highest BCUT2D eigenvalue weighted by Gasteiger charge is 2.07. The molecular formula is C15H10ClFN4. The van der Waals surface area contributed by atoms with Crippen molar-refractivity contribution in [3.8, 4) is 11.3 Å². The molecule has 1 aromatic carbocycles. The van der Waals surface area contributed by atoms with Crippen LogP contribution in [-0.2, 0) is 0 Å². The zero-order valence-electron chi connectivity index (χ0n) is 10.8. The fraction of sp³-hybridized carbons (Fsp3) is 0. The summed E-state index contributed by atoms with van der Waals surface area (Å²) in [7, 11) is 0. The molecule has 3 rings (SSSR count). The molecule has 2 heterocycles. The first-order chi connectivity index (χ1) is 10.2. The molecule has 104 valence electrons. The Balaban J connectivity index is 1.90. The summed E-state index contributed by atoms with van der Waals surface area (Å²) in [5, 5.41) is 3.40. The highest BCUT2D eigenvalue weighted by molar-refractivity contribution is 6.29. The predicted octanol–water partition coefficient (Wildman–Crippen LogP) is 4.07. The van der Waals surface area contributed by atoms with E-state index in [-0.39, 0.29) is 5.82 Å². The Morgan fingerprint density at radius 1 is 1.00 bits per heavy atom. The molecule has 0 fully saturated rings. The van der Waals surface area contributed by atoms with Gasteiger partial charge in [-0.2, -0.15) is 0 Å². The monoisotopic (exact) mass is 300 g/mol. The van der Waals surface area contributed by atoms with Crippen molar-refractivity contribution in [3.63, 3.8) is 0 Å². The Morgan fingerprint density at radius 2 is 1.86 bits per heavy atom. The first kappa shape index (κ1) is 13.5. The van der Waals surface area contributed by atoms with Gasteiger partial charge in [-0.05, 0) is 30.3 Å². The quantitative estimate of drug-likeness (QED) is 0.741. The van der Waals surface area contributed by atoms with Gasteiger partial charge in [-0.15, -0.1) is 0 Å². The zero-order valence-corrected chi connectivity index (χ0v) is 11.5. The molecule has 21 heavy (non-hydrogen) atoms. The molecular weight excluding hydrogens is 291 g/mol. The van der Waals surface area contributed by atoms with Gasteiger partial charge in [0.2, 0.25) is 5.95 Å². The maximum Gasteiger partial charge on any atom is 0.227 e. The van der Waals surface area contributed by atoms with Gasteiger partial charge in [-0.25, -0.2) is 19.3 Å². The van der Waals surface area contributed by atoms with Gasteiger partial charge in [0.15, 0.2) is 0 Å². The van der Waals surface area contributed by atoms with Crippen molar-refractivity contribution >= 4 is 23.2 Å². The maximum absolute atomic E-state index is 13.8. The number of nitrogens with zero attached hydrogens (tertiary/aromatic N) is 3. The Hall–Kier alpha value is -2.53. The summed E-state index contributed by atoms with van der Waals surface area (Å²) >= 11 is 5.73. The van der Waals surface area contributed by atoms with Gasteiger partial charge in [0.05, 0.1) is 17.6 Å². The van der Waals surface area contributed by atoms with E-state index in [1.807, 2.05) is 0 Å². The summed E-state index contributed by atoms with van der Waals surface area (Å²) in [5.74, 6) is 0.0372. The fourth-order valence-corrected chi connectivity index (χ4v) is 1.93. The number of anilines is 2. The van der Waals surface area contributed by atoms with Crippen LogP contribution in [-0.4, -0.2) is 15.0 Å². The minimum Gasteiger partial charge on any atom is -0.323 e. The zero-order chi connectivity index (χ0) is 14.7. The molecule has 0 radical (unpaired) electrons. The van der Waals surface area contributed by atoms with Crippen molar-refractivity contribution in [2.45, 2.75) is 0 Å². The van der Waals surface area contributed by atoms with E-state index in [9.17, 15) is 4.39 Å². The van der Waals surface area contributed by atoms with Crippen LogP contribution < -0.4 is 5.32 Å². The smallest absolute Gasteiger partial charge is 0.227 e. The second kappa shape index (κ2) is 5.85. The number of pyridine rings is 1. The molecule has 1 N–H and O–H groups in total. The van der Waals surface area contributed by atoms with Gasteiger partial charge < -0.3 is 5.32 Å². The number of aromatic nitrogens is 3. The Kier molecular flexibility index (Phi) is 3.75. The first-order valence-electron chi connectivity index (χ1n) is 6.19. The van der Waals surface area contributed by atoms with E-state index in [0.717, 1.165) is 0 Å². The average molecular weight is 301 g/mol. The highest BCUT2D eigenvalue weighted by Crippen LogP contribution is 2.22. The molecule has 0 aliphatic rings. The molecule has 0 amide bonds. The predicted molar refractivity (Wildman–Crippen MR) is 80.0 cm³/mol. The van der Waals surface area contributed by atoms with Gasteiger partial charge in [-0.1, -0.05) is 23.7 Å². The summed E-state index contributed by atoms with van der Waals surface area (Å²) in [5.41, 5.74) is 1.63. The van der Waals surface area contributed by atoms with Crippen LogP contribution in [0.15, 0.2) is 54.9 Å². The molecule has 0 aliphatic heterocycles. The van der Waals surface area contributed by atoms with E-state index in [2.05, 4.69) is 20.3 Å². The molecule has 0 aliphatic carbocycles. The summed E-state index contributed by atoms with van der Waals surface area (Å²) in [6, 6.07) is 11.5. The lowest BCUT2D eigenvalue weighted by atomic mass is 10.1. The molecule has 6 heteroatoms. The molecule has 4 nitrogen and oxygen atoms in total. The summed E-state index contributed by atoms with van der Waals surface area (Å²) in [4.78, 5) is 12.4. The number of halogens is 2. The number of benzene rings is 1. The van der Waals surface area contributed by atoms with Crippen LogP contribution >= 0.6 is 11.6 Å². The van der Waals surface area contributed by atoms with Crippen molar-refractivity contribution < 1.29 is 4.39 Å². The molecule has 0 atom stereocenters. The minimum absolute atomic E-state index is 0.324. The van der Waals surface area contributed by atoms with E-state index in [1.54, 1.807) is 48.8 Å². The molecule has 0 saturated carbocycles. The second-order valence-corrected chi connectivity index (χ2v) is 4.63. The summed E-state index contributed by atoms with van der Waals surface area (Å²) in [6.07, 6.45) is 3.14. The molecule has 0 bridgehead atoms. The van der Waals surface area contributed by atoms with E-state index < -0.39 is 0 Å². The van der Waals surface area contributed by atoms with Crippen LogP contribution in [0.5, 0.6) is 0 Å². The lowest BCUT2D eigenvalue weighted by molar-refractivity contribution is 0.630. The number of nitrogens with one attached hydrogen (secondary N) is 1. The van der Waals surface area contributed by atoms with Crippen molar-refractivity contribution in [3.05, 3.63) is 65.8 Å². The molecule has 3 aromatic rings. The third-order valence-electron chi connectivity index (χ3n) is 2.79. The van der Waals surface area contributed by atoms with Gasteiger partial charge in [0.1, 0.15) is 11.0 Å². The summed E-state index contributed by atoms with van der Waals surface area (Å²) < 4.78 is 13.8. The average Bonchev–Trinajstić information content (AvgIpc) is 2.50. The molecule has 0 saturated heterocycles. The Morgan fingerprint density at radius 3 is 2.62 bits per heavy atom. The summed E-state index contributed by atoms with van der Waals surface area (Å²) in [6.45, 7) is 0. The van der Waals surface area contributed by atoms with Crippen LogP contribution in [0.25, 0.3) is 11.3 Å². The fourth-order valence-electron chi connectivity index (χ4n) is 1.82. The lowest BCUT2D eigenvalue weighted by Crippen LogP contribution is -1.98. The third kappa shape index (κ3) is 3.14. The van der Waals surface area contributed by atoms with Crippen molar-refractivity contribution in [2.24, 2.45) is 0 Å². The van der Waals surface area contributed by atoms with Crippen LogP contribution in [0, 0.1) is 5.82 Å². The van der Waals surface area contributed by atoms with Crippen molar-refractivity contribution in [1.29, 1.82) is 0 Å². The maximum atomic E-state index is 13.8. The van der Waals surface area contributed by atoms with E-state index in [4.69, 9.17) is 11.6 Å². The largest absolute Gasteiger partial charge is 0.323 e. The molecule has 0 unspecified atom stereocenters. The van der Waals surface area contributed by atoms with Gasteiger partial charge in [-0.3, -0.25) is 0 Å². The van der Waals surface area contributed by atoms with Crippen molar-refractivity contribution in [2.75, 3.05) is 5.32 Å². The van der Waals surface area contributed by atoms with Gasteiger partial charge in [0, 0.05) is 11.8 Å². The van der Waals surface area contributed by atoms with Crippen LogP contribution in [0.2, 0.25) is 5.15 Å². The van der Waals surface area contributed by atoms with E-state index in [0.29, 0.717) is 28.0 Å². The first-order valence-corrected chi connectivity index (χ1v) is 6.57. The topological polar surface area (TPSA) is 50.7 Å². The second-order valence-electron chi connectivity index (χ2n) is 4.24. The Bertz CT molecular complexity index is 762. The van der Waals surface area contributed by atoms with Crippen molar-refractivity contribution in [1.82, 2.24) is 15.0 Å². The molecule has 0 spiro atoms. The normalized spacial score (nSPS) is 10.4. The standard InChI is InChI=1S/C15H10ClFN4/c16-14-6-5-10(9-19-14)20-15-18-8-7-13(21-15)11-3-1-2-4-12(11)17/h1-9H,(H,18,20,21). The third-order valence-corrected chi connectivity index (χ3v) is 3.01. The molecule has 2 aromatic heterocycles.